The standard InChI is InChI=1S/C20H33ClN6O/c1-5-25-9-14(20-8-7-15(22-20)11-26(6-2)13-20)10-27-16(12-25)17(21)18(23-27)19(28)24(3)4/h14-15,22H,5-13H2,1-4H3/t14?,15-,20+/m0/s1. The minimum atomic E-state index is -0.128. The molecular formula is C20H33ClN6O. The van der Waals surface area contributed by atoms with Gasteiger partial charge in [-0.25, -0.2) is 0 Å². The van der Waals surface area contributed by atoms with Crippen molar-refractivity contribution in [3.63, 3.8) is 0 Å². The van der Waals surface area contributed by atoms with E-state index in [0.717, 1.165) is 51.5 Å². The number of carbonyl (C=O) groups excluding carboxylic acids is 1. The molecule has 4 heterocycles. The summed E-state index contributed by atoms with van der Waals surface area (Å²) in [5.74, 6) is 0.309. The number of piperazine rings is 1. The molecule has 2 bridgehead atoms. The highest BCUT2D eigenvalue weighted by atomic mass is 35.5. The summed E-state index contributed by atoms with van der Waals surface area (Å²) in [6.45, 7) is 11.4. The van der Waals surface area contributed by atoms with Crippen molar-refractivity contribution in [3.05, 3.63) is 16.4 Å². The molecule has 156 valence electrons. The zero-order chi connectivity index (χ0) is 20.1. The first-order valence-electron chi connectivity index (χ1n) is 10.6. The highest BCUT2D eigenvalue weighted by Gasteiger charge is 2.50. The zero-order valence-corrected chi connectivity index (χ0v) is 18.3. The molecule has 0 saturated carbocycles. The van der Waals surface area contributed by atoms with Gasteiger partial charge in [0.05, 0.1) is 10.7 Å². The Morgan fingerprint density at radius 3 is 2.68 bits per heavy atom. The van der Waals surface area contributed by atoms with Crippen molar-refractivity contribution in [2.24, 2.45) is 5.92 Å². The number of likely N-dealkylation sites (tertiary alicyclic amines) is 1. The van der Waals surface area contributed by atoms with E-state index in [2.05, 4.69) is 34.1 Å². The third-order valence-electron chi connectivity index (χ3n) is 6.94. The van der Waals surface area contributed by atoms with E-state index in [1.54, 1.807) is 19.0 Å². The third-order valence-corrected chi connectivity index (χ3v) is 7.34. The number of fused-ring (bicyclic) bond motifs is 3. The van der Waals surface area contributed by atoms with Crippen molar-refractivity contribution in [2.75, 3.05) is 46.8 Å². The van der Waals surface area contributed by atoms with E-state index >= 15 is 0 Å². The predicted molar refractivity (Wildman–Crippen MR) is 111 cm³/mol. The fourth-order valence-electron chi connectivity index (χ4n) is 5.28. The van der Waals surface area contributed by atoms with Crippen LogP contribution in [-0.2, 0) is 13.1 Å². The summed E-state index contributed by atoms with van der Waals surface area (Å²) in [5.41, 5.74) is 1.48. The maximum Gasteiger partial charge on any atom is 0.275 e. The summed E-state index contributed by atoms with van der Waals surface area (Å²) in [5, 5.41) is 9.19. The van der Waals surface area contributed by atoms with Gasteiger partial charge in [-0.1, -0.05) is 25.4 Å². The fraction of sp³-hybridized carbons (Fsp3) is 0.800. The lowest BCUT2D eigenvalue weighted by atomic mass is 9.81. The monoisotopic (exact) mass is 408 g/mol. The van der Waals surface area contributed by atoms with Gasteiger partial charge in [0.2, 0.25) is 0 Å². The average Bonchev–Trinajstić information content (AvgIpc) is 3.07. The molecule has 1 N–H and O–H groups in total. The molecule has 4 rings (SSSR count). The lowest BCUT2D eigenvalue weighted by Crippen LogP contribution is -2.64. The Kier molecular flexibility index (Phi) is 5.46. The fourth-order valence-corrected chi connectivity index (χ4v) is 5.56. The Hall–Kier alpha value is -1.15. The summed E-state index contributed by atoms with van der Waals surface area (Å²) in [6, 6.07) is 0.596. The second-order valence-corrected chi connectivity index (χ2v) is 9.26. The third kappa shape index (κ3) is 3.36. The molecule has 0 aromatic carbocycles. The summed E-state index contributed by atoms with van der Waals surface area (Å²) < 4.78 is 2.02. The van der Waals surface area contributed by atoms with Gasteiger partial charge < -0.3 is 15.1 Å². The van der Waals surface area contributed by atoms with Gasteiger partial charge in [0.15, 0.2) is 5.69 Å². The van der Waals surface area contributed by atoms with Crippen LogP contribution in [0.25, 0.3) is 0 Å². The van der Waals surface area contributed by atoms with Gasteiger partial charge in [-0.15, -0.1) is 0 Å². The van der Waals surface area contributed by atoms with Crippen molar-refractivity contribution in [3.8, 4) is 0 Å². The Bertz CT molecular complexity index is 749. The lowest BCUT2D eigenvalue weighted by Gasteiger charge is -2.46. The molecular weight excluding hydrogens is 376 g/mol. The van der Waals surface area contributed by atoms with E-state index in [0.29, 0.717) is 22.7 Å². The molecule has 3 aliphatic rings. The minimum absolute atomic E-state index is 0.123. The number of likely N-dealkylation sites (N-methyl/N-ethyl adjacent to an activating group) is 1. The van der Waals surface area contributed by atoms with Crippen LogP contribution in [0, 0.1) is 5.92 Å². The first-order chi connectivity index (χ1) is 13.4. The molecule has 0 radical (unpaired) electrons. The van der Waals surface area contributed by atoms with Crippen LogP contribution in [0.15, 0.2) is 0 Å². The Morgan fingerprint density at radius 2 is 2.00 bits per heavy atom. The highest BCUT2D eigenvalue weighted by molar-refractivity contribution is 6.34. The van der Waals surface area contributed by atoms with E-state index in [1.807, 2.05) is 4.68 Å². The topological polar surface area (TPSA) is 56.6 Å². The minimum Gasteiger partial charge on any atom is -0.343 e. The van der Waals surface area contributed by atoms with E-state index in [-0.39, 0.29) is 11.4 Å². The molecule has 8 heteroatoms. The van der Waals surface area contributed by atoms with Crippen LogP contribution in [0.3, 0.4) is 0 Å². The summed E-state index contributed by atoms with van der Waals surface area (Å²) in [7, 11) is 3.49. The van der Waals surface area contributed by atoms with E-state index in [1.165, 1.54) is 12.8 Å². The first-order valence-corrected chi connectivity index (χ1v) is 10.9. The van der Waals surface area contributed by atoms with Crippen LogP contribution in [0.5, 0.6) is 0 Å². The van der Waals surface area contributed by atoms with Crippen LogP contribution >= 0.6 is 11.6 Å². The SMILES string of the molecule is CCN1Cc2c(Cl)c(C(=O)N(C)C)nn2CC([C@@]23CC[C@@H](CN(CC)C2)N3)C1. The van der Waals surface area contributed by atoms with Crippen molar-refractivity contribution in [2.45, 2.75) is 51.4 Å². The van der Waals surface area contributed by atoms with Crippen LogP contribution in [0.4, 0.5) is 0 Å². The Balaban J connectivity index is 1.68. The largest absolute Gasteiger partial charge is 0.343 e. The Labute approximate surface area is 173 Å². The predicted octanol–water partition coefficient (Wildman–Crippen LogP) is 1.52. The number of carbonyl (C=O) groups is 1. The molecule has 0 aliphatic carbocycles. The number of amides is 1. The van der Waals surface area contributed by atoms with Crippen molar-refractivity contribution in [1.29, 1.82) is 0 Å². The van der Waals surface area contributed by atoms with E-state index < -0.39 is 0 Å². The molecule has 0 spiro atoms. The van der Waals surface area contributed by atoms with Gasteiger partial charge in [0.25, 0.3) is 5.91 Å². The average molecular weight is 409 g/mol. The number of aromatic nitrogens is 2. The van der Waals surface area contributed by atoms with E-state index in [9.17, 15) is 4.79 Å². The smallest absolute Gasteiger partial charge is 0.275 e. The number of halogens is 1. The maximum absolute atomic E-state index is 12.5. The van der Waals surface area contributed by atoms with Crippen LogP contribution in [0.2, 0.25) is 5.02 Å². The second-order valence-electron chi connectivity index (χ2n) is 8.88. The number of nitrogens with one attached hydrogen (secondary N) is 1. The van der Waals surface area contributed by atoms with Crippen molar-refractivity contribution < 1.29 is 4.79 Å². The molecule has 2 saturated heterocycles. The maximum atomic E-state index is 12.5. The van der Waals surface area contributed by atoms with Crippen molar-refractivity contribution in [1.82, 2.24) is 29.8 Å². The van der Waals surface area contributed by atoms with Gasteiger partial charge >= 0.3 is 0 Å². The lowest BCUT2D eigenvalue weighted by molar-refractivity contribution is 0.0714. The van der Waals surface area contributed by atoms with Crippen molar-refractivity contribution >= 4 is 17.5 Å². The quantitative estimate of drug-likeness (QED) is 0.818. The highest BCUT2D eigenvalue weighted by Crippen LogP contribution is 2.39. The van der Waals surface area contributed by atoms with Crippen LogP contribution in [-0.4, -0.2) is 88.8 Å². The molecule has 1 amide bonds. The second kappa shape index (κ2) is 7.59. The first kappa shape index (κ1) is 20.1. The number of hydrogen-bond acceptors (Lipinski definition) is 5. The van der Waals surface area contributed by atoms with Crippen LogP contribution in [0.1, 0.15) is 42.9 Å². The van der Waals surface area contributed by atoms with Gasteiger partial charge in [0, 0.05) is 64.3 Å². The van der Waals surface area contributed by atoms with Gasteiger partial charge in [-0.05, 0) is 25.9 Å². The molecule has 1 aromatic heterocycles. The summed E-state index contributed by atoms with van der Waals surface area (Å²) >= 11 is 6.65. The summed E-state index contributed by atoms with van der Waals surface area (Å²) in [4.78, 5) is 19.1. The molecule has 2 fully saturated rings. The number of hydrogen-bond donors (Lipinski definition) is 1. The zero-order valence-electron chi connectivity index (χ0n) is 17.5. The normalized spacial score (nSPS) is 30.9. The van der Waals surface area contributed by atoms with Crippen LogP contribution < -0.4 is 5.32 Å². The van der Waals surface area contributed by atoms with Gasteiger partial charge in [0.1, 0.15) is 0 Å². The number of rotatable bonds is 4. The van der Waals surface area contributed by atoms with Gasteiger partial charge in [-0.2, -0.15) is 5.10 Å². The molecule has 7 nitrogen and oxygen atoms in total. The summed E-state index contributed by atoms with van der Waals surface area (Å²) in [6.07, 6.45) is 2.46. The molecule has 1 unspecified atom stereocenters. The number of nitrogens with zero attached hydrogens (tertiary/aromatic N) is 5. The molecule has 1 aromatic rings. The Morgan fingerprint density at radius 1 is 1.25 bits per heavy atom. The molecule has 3 atom stereocenters. The molecule has 28 heavy (non-hydrogen) atoms. The molecule has 3 aliphatic heterocycles. The van der Waals surface area contributed by atoms with Gasteiger partial charge in [-0.3, -0.25) is 14.4 Å². The van der Waals surface area contributed by atoms with E-state index in [4.69, 9.17) is 11.6 Å².